The molecule has 0 bridgehead atoms. The van der Waals surface area contributed by atoms with Gasteiger partial charge in [-0.1, -0.05) is 32.0 Å². The number of amides is 2. The summed E-state index contributed by atoms with van der Waals surface area (Å²) in [6.07, 6.45) is 0.409. The smallest absolute Gasteiger partial charge is 0.224 e. The van der Waals surface area contributed by atoms with E-state index >= 15 is 0 Å². The molecular formula is C28H28N4O2. The minimum absolute atomic E-state index is 0.130. The van der Waals surface area contributed by atoms with Crippen LogP contribution in [0.1, 0.15) is 39.2 Å². The molecule has 0 fully saturated rings. The number of nitrogens with one attached hydrogen (secondary N) is 2. The molecule has 0 atom stereocenters. The maximum atomic E-state index is 12.8. The molecule has 3 aromatic carbocycles. The molecule has 0 aliphatic heterocycles. The van der Waals surface area contributed by atoms with Crippen LogP contribution in [-0.2, 0) is 16.1 Å². The van der Waals surface area contributed by atoms with Crippen LogP contribution >= 0.6 is 0 Å². The number of aryl methyl sites for hydroxylation is 1. The van der Waals surface area contributed by atoms with Crippen LogP contribution in [0.3, 0.4) is 0 Å². The first-order valence-corrected chi connectivity index (χ1v) is 11.4. The monoisotopic (exact) mass is 452 g/mol. The van der Waals surface area contributed by atoms with E-state index in [-0.39, 0.29) is 24.7 Å². The molecular weight excluding hydrogens is 424 g/mol. The quantitative estimate of drug-likeness (QED) is 0.357. The minimum Gasteiger partial charge on any atom is -0.341 e. The van der Waals surface area contributed by atoms with Crippen LogP contribution < -0.4 is 10.6 Å². The fourth-order valence-corrected chi connectivity index (χ4v) is 4.44. The summed E-state index contributed by atoms with van der Waals surface area (Å²) in [4.78, 5) is 25.3. The molecule has 0 unspecified atom stereocenters. The van der Waals surface area contributed by atoms with Crippen molar-refractivity contribution in [2.75, 3.05) is 10.6 Å². The second-order valence-corrected chi connectivity index (χ2v) is 9.30. The average Bonchev–Trinajstić information content (AvgIpc) is 3.11. The van der Waals surface area contributed by atoms with Gasteiger partial charge < -0.3 is 15.2 Å². The fraction of sp³-hybridized carbons (Fsp3) is 0.250. The van der Waals surface area contributed by atoms with E-state index in [1.54, 1.807) is 24.3 Å². The van der Waals surface area contributed by atoms with E-state index in [9.17, 15) is 9.59 Å². The Balaban J connectivity index is 1.42. The third-order valence-corrected chi connectivity index (χ3v) is 5.95. The van der Waals surface area contributed by atoms with Crippen LogP contribution in [-0.4, -0.2) is 16.4 Å². The fourth-order valence-electron chi connectivity index (χ4n) is 4.44. The van der Waals surface area contributed by atoms with Gasteiger partial charge in [-0.3, -0.25) is 9.59 Å². The van der Waals surface area contributed by atoms with Gasteiger partial charge in [-0.05, 0) is 60.9 Å². The molecule has 4 aromatic rings. The zero-order valence-corrected chi connectivity index (χ0v) is 19.7. The van der Waals surface area contributed by atoms with Crippen molar-refractivity contribution in [2.24, 2.45) is 5.41 Å². The molecule has 0 radical (unpaired) electrons. The molecule has 2 N–H and O–H groups in total. The minimum atomic E-state index is -0.525. The third-order valence-electron chi connectivity index (χ3n) is 5.95. The summed E-state index contributed by atoms with van der Waals surface area (Å²) in [7, 11) is 0. The van der Waals surface area contributed by atoms with Crippen molar-refractivity contribution in [3.63, 3.8) is 0 Å². The predicted molar refractivity (Wildman–Crippen MR) is 137 cm³/mol. The lowest BCUT2D eigenvalue weighted by Crippen LogP contribution is -2.27. The SMILES string of the molecule is CCn1c2ccccc2c2cc(NC(=O)CC(C)(C)CC(=O)Nc3ccc(C#N)cc3)ccc21. The number of carbonyl (C=O) groups excluding carboxylic acids is 2. The molecule has 6 heteroatoms. The molecule has 4 rings (SSSR count). The number of nitrogens with zero attached hydrogens (tertiary/aromatic N) is 2. The van der Waals surface area contributed by atoms with Gasteiger partial charge >= 0.3 is 0 Å². The van der Waals surface area contributed by atoms with Crippen molar-refractivity contribution in [2.45, 2.75) is 40.2 Å². The summed E-state index contributed by atoms with van der Waals surface area (Å²) in [5.41, 5.74) is 3.70. The largest absolute Gasteiger partial charge is 0.341 e. The number of aromatic nitrogens is 1. The number of benzene rings is 3. The van der Waals surface area contributed by atoms with Crippen LogP contribution in [0.4, 0.5) is 11.4 Å². The normalized spacial score (nSPS) is 11.4. The molecule has 0 aliphatic rings. The first-order valence-electron chi connectivity index (χ1n) is 11.4. The second kappa shape index (κ2) is 9.40. The number of rotatable bonds is 7. The predicted octanol–water partition coefficient (Wildman–Crippen LogP) is 6.07. The Morgan fingerprint density at radius 2 is 1.44 bits per heavy atom. The van der Waals surface area contributed by atoms with Crippen molar-refractivity contribution in [1.29, 1.82) is 5.26 Å². The highest BCUT2D eigenvalue weighted by molar-refractivity contribution is 6.09. The summed E-state index contributed by atoms with van der Waals surface area (Å²) < 4.78 is 2.27. The van der Waals surface area contributed by atoms with E-state index in [0.717, 1.165) is 28.5 Å². The van der Waals surface area contributed by atoms with Gasteiger partial charge in [0.1, 0.15) is 0 Å². The summed E-state index contributed by atoms with van der Waals surface area (Å²) in [6.45, 7) is 6.81. The van der Waals surface area contributed by atoms with E-state index < -0.39 is 5.41 Å². The van der Waals surface area contributed by atoms with Crippen LogP contribution in [0.5, 0.6) is 0 Å². The van der Waals surface area contributed by atoms with Gasteiger partial charge in [0.05, 0.1) is 11.6 Å². The van der Waals surface area contributed by atoms with Crippen molar-refractivity contribution >= 4 is 45.0 Å². The molecule has 0 saturated carbocycles. The maximum Gasteiger partial charge on any atom is 0.224 e. The van der Waals surface area contributed by atoms with Crippen LogP contribution in [0.15, 0.2) is 66.7 Å². The highest BCUT2D eigenvalue weighted by Gasteiger charge is 2.26. The third kappa shape index (κ3) is 4.94. The Morgan fingerprint density at radius 3 is 2.09 bits per heavy atom. The number of fused-ring (bicyclic) bond motifs is 3. The van der Waals surface area contributed by atoms with Crippen molar-refractivity contribution < 1.29 is 9.59 Å². The molecule has 6 nitrogen and oxygen atoms in total. The van der Waals surface area contributed by atoms with E-state index in [4.69, 9.17) is 5.26 Å². The molecule has 1 aromatic heterocycles. The van der Waals surface area contributed by atoms with Gasteiger partial charge in [0.15, 0.2) is 0 Å². The first-order chi connectivity index (χ1) is 16.3. The Labute approximate surface area is 199 Å². The van der Waals surface area contributed by atoms with Crippen LogP contribution in [0, 0.1) is 16.7 Å². The van der Waals surface area contributed by atoms with Gasteiger partial charge in [0.25, 0.3) is 0 Å². The van der Waals surface area contributed by atoms with Gasteiger partial charge in [0.2, 0.25) is 11.8 Å². The highest BCUT2D eigenvalue weighted by Crippen LogP contribution is 2.32. The van der Waals surface area contributed by atoms with Crippen LogP contribution in [0.2, 0.25) is 0 Å². The highest BCUT2D eigenvalue weighted by atomic mass is 16.2. The topological polar surface area (TPSA) is 86.9 Å². The molecule has 2 amide bonds. The summed E-state index contributed by atoms with van der Waals surface area (Å²) in [6, 6.07) is 23.0. The Hall–Kier alpha value is -4.11. The van der Waals surface area contributed by atoms with Gasteiger partial charge in [-0.2, -0.15) is 5.26 Å². The molecule has 0 spiro atoms. The number of anilines is 2. The summed E-state index contributed by atoms with van der Waals surface area (Å²) >= 11 is 0. The molecule has 34 heavy (non-hydrogen) atoms. The van der Waals surface area contributed by atoms with E-state index in [1.165, 1.54) is 5.52 Å². The van der Waals surface area contributed by atoms with Gasteiger partial charge in [-0.25, -0.2) is 0 Å². The number of nitriles is 1. The first kappa shape index (κ1) is 23.1. The lowest BCUT2D eigenvalue weighted by molar-refractivity contribution is -0.120. The lowest BCUT2D eigenvalue weighted by atomic mass is 9.85. The maximum absolute atomic E-state index is 12.8. The Morgan fingerprint density at radius 1 is 0.853 bits per heavy atom. The van der Waals surface area contributed by atoms with Crippen LogP contribution in [0.25, 0.3) is 21.8 Å². The Bertz CT molecular complexity index is 1410. The molecule has 0 aliphatic carbocycles. The molecule has 1 heterocycles. The number of carbonyl (C=O) groups is 2. The molecule has 0 saturated heterocycles. The van der Waals surface area contributed by atoms with Gasteiger partial charge in [0, 0.05) is 52.6 Å². The van der Waals surface area contributed by atoms with Crippen molar-refractivity contribution in [3.05, 3.63) is 72.3 Å². The molecule has 172 valence electrons. The van der Waals surface area contributed by atoms with E-state index in [2.05, 4.69) is 40.3 Å². The zero-order valence-electron chi connectivity index (χ0n) is 19.7. The van der Waals surface area contributed by atoms with Gasteiger partial charge in [-0.15, -0.1) is 0 Å². The number of para-hydroxylation sites is 1. The van der Waals surface area contributed by atoms with Crippen molar-refractivity contribution in [1.82, 2.24) is 4.57 Å². The van der Waals surface area contributed by atoms with E-state index in [0.29, 0.717) is 11.3 Å². The second-order valence-electron chi connectivity index (χ2n) is 9.30. The number of hydrogen-bond donors (Lipinski definition) is 2. The summed E-state index contributed by atoms with van der Waals surface area (Å²) in [5, 5.41) is 17.0. The lowest BCUT2D eigenvalue weighted by Gasteiger charge is -2.23. The Kier molecular flexibility index (Phi) is 6.38. The van der Waals surface area contributed by atoms with E-state index in [1.807, 2.05) is 44.2 Å². The summed E-state index contributed by atoms with van der Waals surface area (Å²) in [5.74, 6) is -0.300. The number of hydrogen-bond acceptors (Lipinski definition) is 3. The van der Waals surface area contributed by atoms with Crippen molar-refractivity contribution in [3.8, 4) is 6.07 Å². The average molecular weight is 453 g/mol. The zero-order chi connectivity index (χ0) is 24.3. The standard InChI is InChI=1S/C28H28N4O2/c1-4-32-24-8-6-5-7-22(24)23-15-21(13-14-25(23)32)31-27(34)17-28(2,3)16-26(33)30-20-11-9-19(18-29)10-12-20/h5-15H,4,16-17H2,1-3H3,(H,30,33)(H,31,34).